The van der Waals surface area contributed by atoms with Gasteiger partial charge in [-0.05, 0) is 24.3 Å². The molecular formula is C14H11FN2O4. The number of nitrogens with zero attached hydrogens (tertiary/aromatic N) is 1. The van der Waals surface area contributed by atoms with E-state index in [0.29, 0.717) is 0 Å². The van der Waals surface area contributed by atoms with Crippen LogP contribution < -0.4 is 10.1 Å². The summed E-state index contributed by atoms with van der Waals surface area (Å²) in [6.45, 7) is 0. The first-order valence-electron chi connectivity index (χ1n) is 5.85. The second-order valence-corrected chi connectivity index (χ2v) is 4.04. The van der Waals surface area contributed by atoms with E-state index in [9.17, 15) is 14.0 Å². The number of benzene rings is 1. The van der Waals surface area contributed by atoms with Crippen molar-refractivity contribution in [3.05, 3.63) is 53.6 Å². The van der Waals surface area contributed by atoms with E-state index in [4.69, 9.17) is 9.84 Å². The minimum Gasteiger partial charge on any atom is -0.494 e. The van der Waals surface area contributed by atoms with Crippen LogP contribution in [0.2, 0.25) is 0 Å². The molecule has 108 valence electrons. The minimum atomic E-state index is -1.13. The molecule has 2 aromatic rings. The summed E-state index contributed by atoms with van der Waals surface area (Å²) in [5.41, 5.74) is 0.237. The monoisotopic (exact) mass is 290 g/mol. The normalized spacial score (nSPS) is 10.0. The molecule has 0 aliphatic rings. The van der Waals surface area contributed by atoms with Crippen molar-refractivity contribution in [3.8, 4) is 5.75 Å². The smallest absolute Gasteiger partial charge is 0.337 e. The first-order chi connectivity index (χ1) is 10.0. The minimum absolute atomic E-state index is 0.0243. The number of carbonyl (C=O) groups excluding carboxylic acids is 1. The van der Waals surface area contributed by atoms with Gasteiger partial charge in [0.2, 0.25) is 0 Å². The lowest BCUT2D eigenvalue weighted by molar-refractivity contribution is 0.0696. The van der Waals surface area contributed by atoms with Gasteiger partial charge in [-0.2, -0.15) is 0 Å². The van der Waals surface area contributed by atoms with Crippen LogP contribution in [0.4, 0.5) is 10.1 Å². The Morgan fingerprint density at radius 1 is 1.29 bits per heavy atom. The van der Waals surface area contributed by atoms with E-state index in [2.05, 4.69) is 10.3 Å². The van der Waals surface area contributed by atoms with E-state index in [1.165, 1.54) is 31.4 Å². The highest BCUT2D eigenvalue weighted by Crippen LogP contribution is 2.20. The van der Waals surface area contributed by atoms with Gasteiger partial charge in [-0.3, -0.25) is 9.78 Å². The van der Waals surface area contributed by atoms with Gasteiger partial charge in [0.25, 0.3) is 5.91 Å². The standard InChI is InChI=1S/C14H11FN2O4/c1-21-12-5-3-9(6-10(12)15)17-13(18)11-4-2-8(7-16-11)14(19)20/h2-7H,1H3,(H,17,18)(H,19,20). The molecule has 7 heteroatoms. The van der Waals surface area contributed by atoms with Crippen molar-refractivity contribution in [1.82, 2.24) is 4.98 Å². The second kappa shape index (κ2) is 6.00. The molecule has 1 aromatic carbocycles. The summed E-state index contributed by atoms with van der Waals surface area (Å²) in [5, 5.41) is 11.2. The van der Waals surface area contributed by atoms with Crippen molar-refractivity contribution in [2.75, 3.05) is 12.4 Å². The molecule has 21 heavy (non-hydrogen) atoms. The van der Waals surface area contributed by atoms with Gasteiger partial charge in [0, 0.05) is 18.0 Å². The van der Waals surface area contributed by atoms with Crippen LogP contribution in [0.15, 0.2) is 36.5 Å². The summed E-state index contributed by atoms with van der Waals surface area (Å²) >= 11 is 0. The number of methoxy groups -OCH3 is 1. The molecule has 2 rings (SSSR count). The largest absolute Gasteiger partial charge is 0.494 e. The van der Waals surface area contributed by atoms with Gasteiger partial charge >= 0.3 is 5.97 Å². The lowest BCUT2D eigenvalue weighted by atomic mass is 10.2. The number of carboxylic acids is 1. The van der Waals surface area contributed by atoms with Crippen LogP contribution in [0.5, 0.6) is 5.75 Å². The number of carboxylic acid groups (broad SMARTS) is 1. The highest BCUT2D eigenvalue weighted by molar-refractivity contribution is 6.03. The van der Waals surface area contributed by atoms with Gasteiger partial charge in [-0.1, -0.05) is 0 Å². The predicted molar refractivity (Wildman–Crippen MR) is 72.1 cm³/mol. The van der Waals surface area contributed by atoms with Gasteiger partial charge in [0.05, 0.1) is 12.7 Å². The molecule has 2 N–H and O–H groups in total. The van der Waals surface area contributed by atoms with Crippen molar-refractivity contribution in [2.24, 2.45) is 0 Å². The lowest BCUT2D eigenvalue weighted by Gasteiger charge is -2.07. The first kappa shape index (κ1) is 14.4. The zero-order chi connectivity index (χ0) is 15.4. The van der Waals surface area contributed by atoms with Gasteiger partial charge in [0.15, 0.2) is 11.6 Å². The SMILES string of the molecule is COc1ccc(NC(=O)c2ccc(C(=O)O)cn2)cc1F. The van der Waals surface area contributed by atoms with Crippen LogP contribution in [0.25, 0.3) is 0 Å². The Hall–Kier alpha value is -2.96. The number of aromatic carboxylic acids is 1. The van der Waals surface area contributed by atoms with Crippen molar-refractivity contribution >= 4 is 17.6 Å². The third-order valence-electron chi connectivity index (χ3n) is 2.65. The van der Waals surface area contributed by atoms with E-state index in [1.54, 1.807) is 0 Å². The van der Waals surface area contributed by atoms with E-state index in [0.717, 1.165) is 12.3 Å². The van der Waals surface area contributed by atoms with E-state index < -0.39 is 17.7 Å². The maximum absolute atomic E-state index is 13.5. The van der Waals surface area contributed by atoms with Crippen LogP contribution in [0.3, 0.4) is 0 Å². The van der Waals surface area contributed by atoms with Gasteiger partial charge in [0.1, 0.15) is 5.69 Å². The Morgan fingerprint density at radius 2 is 2.05 bits per heavy atom. The van der Waals surface area contributed by atoms with Crippen LogP contribution in [0.1, 0.15) is 20.8 Å². The average Bonchev–Trinajstić information content (AvgIpc) is 2.47. The fraction of sp³-hybridized carbons (Fsp3) is 0.0714. The molecule has 0 bridgehead atoms. The molecule has 1 amide bonds. The highest BCUT2D eigenvalue weighted by Gasteiger charge is 2.11. The number of hydrogen-bond acceptors (Lipinski definition) is 4. The Bertz CT molecular complexity index is 686. The molecule has 0 aliphatic carbocycles. The Kier molecular flexibility index (Phi) is 4.13. The molecule has 0 fully saturated rings. The zero-order valence-electron chi connectivity index (χ0n) is 11.0. The van der Waals surface area contributed by atoms with E-state index in [1.807, 2.05) is 0 Å². The third kappa shape index (κ3) is 3.33. The summed E-state index contributed by atoms with van der Waals surface area (Å²) < 4.78 is 18.3. The summed E-state index contributed by atoms with van der Waals surface area (Å²) in [7, 11) is 1.34. The summed E-state index contributed by atoms with van der Waals surface area (Å²) in [5.74, 6) is -2.25. The Labute approximate surface area is 119 Å². The maximum atomic E-state index is 13.5. The van der Waals surface area contributed by atoms with Crippen LogP contribution in [-0.4, -0.2) is 29.1 Å². The molecule has 1 heterocycles. The summed E-state index contributed by atoms with van der Waals surface area (Å²) in [6.07, 6.45) is 1.08. The maximum Gasteiger partial charge on any atom is 0.337 e. The van der Waals surface area contributed by atoms with Crippen molar-refractivity contribution in [2.45, 2.75) is 0 Å². The quantitative estimate of drug-likeness (QED) is 0.901. The zero-order valence-corrected chi connectivity index (χ0v) is 11.0. The predicted octanol–water partition coefficient (Wildman–Crippen LogP) is 2.18. The average molecular weight is 290 g/mol. The summed E-state index contributed by atoms with van der Waals surface area (Å²) in [6, 6.07) is 6.51. The number of halogens is 1. The molecular weight excluding hydrogens is 279 g/mol. The first-order valence-corrected chi connectivity index (χ1v) is 5.85. The molecule has 0 unspecified atom stereocenters. The highest BCUT2D eigenvalue weighted by atomic mass is 19.1. The van der Waals surface area contributed by atoms with Crippen LogP contribution in [-0.2, 0) is 0 Å². The second-order valence-electron chi connectivity index (χ2n) is 4.04. The number of pyridine rings is 1. The van der Waals surface area contributed by atoms with Gasteiger partial charge in [-0.15, -0.1) is 0 Å². The Balaban J connectivity index is 2.14. The third-order valence-corrected chi connectivity index (χ3v) is 2.65. The van der Waals surface area contributed by atoms with Crippen LogP contribution >= 0.6 is 0 Å². The van der Waals surface area contributed by atoms with E-state index >= 15 is 0 Å². The number of anilines is 1. The van der Waals surface area contributed by atoms with Gasteiger partial charge < -0.3 is 15.2 Å². The van der Waals surface area contributed by atoms with Crippen LogP contribution in [0, 0.1) is 5.82 Å². The molecule has 0 aliphatic heterocycles. The molecule has 0 saturated heterocycles. The number of nitrogens with one attached hydrogen (secondary N) is 1. The lowest BCUT2D eigenvalue weighted by Crippen LogP contribution is -2.14. The number of ether oxygens (including phenoxy) is 1. The molecule has 0 radical (unpaired) electrons. The topological polar surface area (TPSA) is 88.5 Å². The molecule has 0 atom stereocenters. The molecule has 0 saturated carbocycles. The molecule has 6 nitrogen and oxygen atoms in total. The van der Waals surface area contributed by atoms with Gasteiger partial charge in [-0.25, -0.2) is 9.18 Å². The number of carbonyl (C=O) groups is 2. The fourth-order valence-electron chi connectivity index (χ4n) is 1.59. The van der Waals surface area contributed by atoms with E-state index in [-0.39, 0.29) is 22.7 Å². The molecule has 1 aromatic heterocycles. The number of amides is 1. The Morgan fingerprint density at radius 3 is 2.57 bits per heavy atom. The van der Waals surface area contributed by atoms with Crippen molar-refractivity contribution in [3.63, 3.8) is 0 Å². The van der Waals surface area contributed by atoms with Crippen molar-refractivity contribution < 1.29 is 23.8 Å². The van der Waals surface area contributed by atoms with Crippen molar-refractivity contribution in [1.29, 1.82) is 0 Å². The fourth-order valence-corrected chi connectivity index (χ4v) is 1.59. The number of hydrogen-bond donors (Lipinski definition) is 2. The molecule has 0 spiro atoms. The number of rotatable bonds is 4. The summed E-state index contributed by atoms with van der Waals surface area (Å²) in [4.78, 5) is 26.3. The number of aromatic nitrogens is 1.